The maximum atomic E-state index is 13.2. The van der Waals surface area contributed by atoms with Gasteiger partial charge in [-0.15, -0.1) is 0 Å². The Balaban J connectivity index is 2.17. The van der Waals surface area contributed by atoms with Crippen molar-refractivity contribution >= 4 is 23.6 Å². The molecular weight excluding hydrogens is 365 g/mol. The summed E-state index contributed by atoms with van der Waals surface area (Å²) in [5.41, 5.74) is 1.09. The number of hydrogen-bond acceptors (Lipinski definition) is 4. The maximum Gasteiger partial charge on any atom is 0.339 e. The molecule has 2 aromatic carbocycles. The van der Waals surface area contributed by atoms with Crippen LogP contribution in [0.15, 0.2) is 48.5 Å². The molecular formula is C20H22FN3O4. The van der Waals surface area contributed by atoms with E-state index in [4.69, 9.17) is 4.74 Å². The van der Waals surface area contributed by atoms with E-state index < -0.39 is 29.8 Å². The molecule has 28 heavy (non-hydrogen) atoms. The first-order chi connectivity index (χ1) is 13.4. The normalized spacial score (nSPS) is 11.2. The van der Waals surface area contributed by atoms with Crippen molar-refractivity contribution in [2.24, 2.45) is 0 Å². The number of para-hydroxylation sites is 1. The van der Waals surface area contributed by atoms with Crippen LogP contribution in [0.25, 0.3) is 0 Å². The van der Waals surface area contributed by atoms with Gasteiger partial charge in [-0.1, -0.05) is 24.3 Å². The number of hydrogen-bond donors (Lipinski definition) is 3. The number of esters is 1. The van der Waals surface area contributed by atoms with Crippen LogP contribution >= 0.6 is 0 Å². The molecule has 3 amide bonds. The quantitative estimate of drug-likeness (QED) is 0.637. The van der Waals surface area contributed by atoms with Crippen molar-refractivity contribution in [2.45, 2.75) is 19.4 Å². The fourth-order valence-electron chi connectivity index (χ4n) is 2.58. The Morgan fingerprint density at radius 1 is 1.07 bits per heavy atom. The van der Waals surface area contributed by atoms with E-state index in [0.717, 1.165) is 0 Å². The van der Waals surface area contributed by atoms with Crippen LogP contribution in [-0.4, -0.2) is 31.6 Å². The van der Waals surface area contributed by atoms with Gasteiger partial charge in [-0.05, 0) is 36.8 Å². The van der Waals surface area contributed by atoms with E-state index in [-0.39, 0.29) is 12.0 Å². The summed E-state index contributed by atoms with van der Waals surface area (Å²) in [6.07, 6.45) is -0.113. The van der Waals surface area contributed by atoms with E-state index in [1.165, 1.54) is 37.4 Å². The van der Waals surface area contributed by atoms with Gasteiger partial charge in [-0.25, -0.2) is 14.0 Å². The molecule has 3 N–H and O–H groups in total. The third-order valence-electron chi connectivity index (χ3n) is 3.91. The van der Waals surface area contributed by atoms with Crippen LogP contribution < -0.4 is 16.0 Å². The number of nitrogens with one attached hydrogen (secondary N) is 3. The van der Waals surface area contributed by atoms with E-state index in [1.54, 1.807) is 25.1 Å². The molecule has 1 unspecified atom stereocenters. The van der Waals surface area contributed by atoms with Crippen LogP contribution in [0.2, 0.25) is 0 Å². The molecule has 0 fully saturated rings. The number of carbonyl (C=O) groups is 3. The minimum absolute atomic E-state index is 0.113. The summed E-state index contributed by atoms with van der Waals surface area (Å²) >= 11 is 0. The minimum Gasteiger partial charge on any atom is -0.465 e. The van der Waals surface area contributed by atoms with Gasteiger partial charge >= 0.3 is 12.0 Å². The highest BCUT2D eigenvalue weighted by molar-refractivity contribution is 6.01. The Labute approximate surface area is 162 Å². The Morgan fingerprint density at radius 3 is 2.39 bits per heavy atom. The lowest BCUT2D eigenvalue weighted by Crippen LogP contribution is -2.39. The molecule has 0 aliphatic rings. The van der Waals surface area contributed by atoms with Gasteiger partial charge in [0.1, 0.15) is 5.82 Å². The van der Waals surface area contributed by atoms with Crippen LogP contribution in [0.3, 0.4) is 0 Å². The smallest absolute Gasteiger partial charge is 0.339 e. The molecule has 7 nitrogen and oxygen atoms in total. The number of benzene rings is 2. The lowest BCUT2D eigenvalue weighted by atomic mass is 10.0. The van der Waals surface area contributed by atoms with E-state index >= 15 is 0 Å². The van der Waals surface area contributed by atoms with Crippen LogP contribution in [0, 0.1) is 5.82 Å². The first-order valence-corrected chi connectivity index (χ1v) is 8.71. The number of methoxy groups -OCH3 is 1. The first kappa shape index (κ1) is 20.9. The van der Waals surface area contributed by atoms with Gasteiger partial charge in [-0.2, -0.15) is 0 Å². The number of urea groups is 1. The Kier molecular flexibility index (Phi) is 7.50. The van der Waals surface area contributed by atoms with Crippen LogP contribution in [0.4, 0.5) is 14.9 Å². The first-order valence-electron chi connectivity index (χ1n) is 8.71. The molecule has 148 valence electrons. The largest absolute Gasteiger partial charge is 0.465 e. The van der Waals surface area contributed by atoms with Crippen molar-refractivity contribution in [2.75, 3.05) is 19.0 Å². The standard InChI is InChI=1S/C20H22FN3O4/c1-3-22-20(27)24-17(13-8-10-14(21)11-9-13)12-18(25)23-16-7-5-4-6-15(16)19(26)28-2/h4-11,17H,3,12H2,1-2H3,(H,23,25)(H2,22,24,27). The molecule has 8 heteroatoms. The number of carbonyl (C=O) groups excluding carboxylic acids is 3. The van der Waals surface area contributed by atoms with Gasteiger partial charge < -0.3 is 20.7 Å². The number of ether oxygens (including phenoxy) is 1. The zero-order chi connectivity index (χ0) is 20.5. The van der Waals surface area contributed by atoms with Crippen molar-refractivity contribution in [3.05, 3.63) is 65.5 Å². The van der Waals surface area contributed by atoms with Gasteiger partial charge in [0.2, 0.25) is 5.91 Å². The molecule has 0 spiro atoms. The molecule has 0 aromatic heterocycles. The lowest BCUT2D eigenvalue weighted by molar-refractivity contribution is -0.116. The minimum atomic E-state index is -0.683. The molecule has 0 aliphatic carbocycles. The topological polar surface area (TPSA) is 96.5 Å². The molecule has 0 aliphatic heterocycles. The van der Waals surface area contributed by atoms with Gasteiger partial charge in [0.15, 0.2) is 0 Å². The van der Waals surface area contributed by atoms with Gasteiger partial charge in [0.05, 0.1) is 30.8 Å². The monoisotopic (exact) mass is 387 g/mol. The Hall–Kier alpha value is -3.42. The maximum absolute atomic E-state index is 13.2. The van der Waals surface area contributed by atoms with Crippen molar-refractivity contribution in [1.82, 2.24) is 10.6 Å². The number of amides is 3. The fraction of sp³-hybridized carbons (Fsp3) is 0.250. The molecule has 0 heterocycles. The number of anilines is 1. The molecule has 2 aromatic rings. The summed E-state index contributed by atoms with van der Waals surface area (Å²) in [6.45, 7) is 2.18. The summed E-state index contributed by atoms with van der Waals surface area (Å²) in [6, 6.07) is 10.8. The molecule has 0 saturated carbocycles. The molecule has 2 rings (SSSR count). The third-order valence-corrected chi connectivity index (χ3v) is 3.91. The summed E-state index contributed by atoms with van der Waals surface area (Å²) in [7, 11) is 1.25. The summed E-state index contributed by atoms with van der Waals surface area (Å²) in [5.74, 6) is -1.43. The van der Waals surface area contributed by atoms with Crippen LogP contribution in [0.1, 0.15) is 35.3 Å². The zero-order valence-electron chi connectivity index (χ0n) is 15.6. The molecule has 0 saturated heterocycles. The highest BCUT2D eigenvalue weighted by Gasteiger charge is 2.20. The molecule has 0 radical (unpaired) electrons. The van der Waals surface area contributed by atoms with Crippen LogP contribution in [0.5, 0.6) is 0 Å². The predicted octanol–water partition coefficient (Wildman–Crippen LogP) is 3.00. The van der Waals surface area contributed by atoms with Crippen LogP contribution in [-0.2, 0) is 9.53 Å². The predicted molar refractivity (Wildman–Crippen MR) is 102 cm³/mol. The SMILES string of the molecule is CCNC(=O)NC(CC(=O)Nc1ccccc1C(=O)OC)c1ccc(F)cc1. The van der Waals surface area contributed by atoms with Crippen molar-refractivity contribution in [1.29, 1.82) is 0 Å². The van der Waals surface area contributed by atoms with E-state index in [2.05, 4.69) is 16.0 Å². The second kappa shape index (κ2) is 10.1. The van der Waals surface area contributed by atoms with Crippen molar-refractivity contribution < 1.29 is 23.5 Å². The average Bonchev–Trinajstić information content (AvgIpc) is 2.68. The van der Waals surface area contributed by atoms with Crippen molar-refractivity contribution in [3.8, 4) is 0 Å². The van der Waals surface area contributed by atoms with Gasteiger partial charge in [0.25, 0.3) is 0 Å². The fourth-order valence-corrected chi connectivity index (χ4v) is 2.58. The van der Waals surface area contributed by atoms with Gasteiger partial charge in [-0.3, -0.25) is 4.79 Å². The second-order valence-electron chi connectivity index (χ2n) is 5.90. The molecule has 1 atom stereocenters. The lowest BCUT2D eigenvalue weighted by Gasteiger charge is -2.19. The highest BCUT2D eigenvalue weighted by Crippen LogP contribution is 2.21. The second-order valence-corrected chi connectivity index (χ2v) is 5.90. The number of halogens is 1. The molecule has 0 bridgehead atoms. The summed E-state index contributed by atoms with van der Waals surface area (Å²) in [4.78, 5) is 36.3. The van der Waals surface area contributed by atoms with Crippen molar-refractivity contribution in [3.63, 3.8) is 0 Å². The third kappa shape index (κ3) is 5.80. The Morgan fingerprint density at radius 2 is 1.75 bits per heavy atom. The van der Waals surface area contributed by atoms with E-state index in [1.807, 2.05) is 0 Å². The van der Waals surface area contributed by atoms with E-state index in [0.29, 0.717) is 17.8 Å². The zero-order valence-corrected chi connectivity index (χ0v) is 15.6. The summed E-state index contributed by atoms with van der Waals surface area (Å²) in [5, 5.41) is 7.95. The highest BCUT2D eigenvalue weighted by atomic mass is 19.1. The van der Waals surface area contributed by atoms with E-state index in [9.17, 15) is 18.8 Å². The Bertz CT molecular complexity index is 840. The summed E-state index contributed by atoms with van der Waals surface area (Å²) < 4.78 is 17.9. The van der Waals surface area contributed by atoms with Gasteiger partial charge in [0, 0.05) is 6.54 Å². The average molecular weight is 387 g/mol. The number of rotatable bonds is 7.